The van der Waals surface area contributed by atoms with Crippen molar-refractivity contribution in [1.29, 1.82) is 0 Å². The topological polar surface area (TPSA) is 151 Å². The summed E-state index contributed by atoms with van der Waals surface area (Å²) in [4.78, 5) is 8.12. The first-order valence-electron chi connectivity index (χ1n) is 11.5. The van der Waals surface area contributed by atoms with Crippen LogP contribution in [0.15, 0.2) is 30.6 Å². The predicted molar refractivity (Wildman–Crippen MR) is 131 cm³/mol. The number of aliphatic hydroxyl groups excluding tert-OH is 1. The maximum absolute atomic E-state index is 13.4. The number of aryl methyl sites for hydroxylation is 1. The molecule has 4 rings (SSSR count). The number of ether oxygens (including phenoxy) is 3. The van der Waals surface area contributed by atoms with Gasteiger partial charge in [-0.1, -0.05) is 6.07 Å². The third kappa shape index (κ3) is 5.13. The van der Waals surface area contributed by atoms with E-state index in [1.807, 2.05) is 0 Å². The second kappa shape index (κ2) is 10.8. The number of nitrogens with zero attached hydrogens (tertiary/aromatic N) is 5. The minimum absolute atomic E-state index is 0.00591. The number of aromatic nitrogens is 5. The largest absolute Gasteiger partial charge is 0.494 e. The predicted octanol–water partition coefficient (Wildman–Crippen LogP) is 2.14. The van der Waals surface area contributed by atoms with Crippen molar-refractivity contribution in [2.75, 3.05) is 32.2 Å². The van der Waals surface area contributed by atoms with Gasteiger partial charge in [0.25, 0.3) is 0 Å². The molecule has 0 radical (unpaired) electrons. The smallest absolute Gasteiger partial charge is 0.243 e. The first-order chi connectivity index (χ1) is 17.3. The van der Waals surface area contributed by atoms with Gasteiger partial charge in [-0.3, -0.25) is 9.29 Å². The minimum atomic E-state index is -4.17. The van der Waals surface area contributed by atoms with Crippen molar-refractivity contribution >= 4 is 16.0 Å². The monoisotopic (exact) mass is 518 g/mol. The van der Waals surface area contributed by atoms with Crippen LogP contribution < -0.4 is 14.2 Å². The highest BCUT2D eigenvalue weighted by atomic mass is 32.2. The van der Waals surface area contributed by atoms with Gasteiger partial charge in [0, 0.05) is 24.9 Å². The van der Waals surface area contributed by atoms with Crippen LogP contribution in [0.3, 0.4) is 0 Å². The molecule has 36 heavy (non-hydrogen) atoms. The Bertz CT molecular complexity index is 1270. The van der Waals surface area contributed by atoms with E-state index in [0.717, 1.165) is 18.4 Å². The molecule has 0 saturated carbocycles. The van der Waals surface area contributed by atoms with Crippen LogP contribution in [0.2, 0.25) is 0 Å². The summed E-state index contributed by atoms with van der Waals surface area (Å²) in [5.41, 5.74) is 1.23. The maximum Gasteiger partial charge on any atom is 0.243 e. The summed E-state index contributed by atoms with van der Waals surface area (Å²) < 4.78 is 47.6. The van der Waals surface area contributed by atoms with Crippen LogP contribution in [0.25, 0.3) is 5.69 Å². The average Bonchev–Trinajstić information content (AvgIpc) is 3.30. The average molecular weight is 519 g/mol. The van der Waals surface area contributed by atoms with Crippen LogP contribution >= 0.6 is 0 Å². The minimum Gasteiger partial charge on any atom is -0.494 e. The van der Waals surface area contributed by atoms with Crippen molar-refractivity contribution in [1.82, 2.24) is 24.7 Å². The van der Waals surface area contributed by atoms with Crippen LogP contribution in [0, 0.1) is 6.92 Å². The van der Waals surface area contributed by atoms with Crippen molar-refractivity contribution in [3.63, 3.8) is 0 Å². The molecule has 1 saturated heterocycles. The van der Waals surface area contributed by atoms with Gasteiger partial charge in [-0.2, -0.15) is 0 Å². The van der Waals surface area contributed by atoms with Crippen LogP contribution in [-0.2, 0) is 14.8 Å². The Balaban J connectivity index is 1.77. The standard InChI is InChI=1S/C23H30N6O6S/c1-14-11-24-21(25-12-14)20(30)15(2)36(31,32)28-23-27-26-22(16-7-6-10-35-13-16)29(23)19-17(33-3)8-5-9-18(19)34-4/h5,8-9,11-12,15-16,20,30H,6-7,10,13H2,1-4H3,(H,27,28)/t15?,16-,20?/m0/s1. The first-order valence-corrected chi connectivity index (χ1v) is 13.0. The molecule has 0 bridgehead atoms. The Kier molecular flexibility index (Phi) is 7.71. The number of benzene rings is 1. The molecule has 1 aliphatic rings. The lowest BCUT2D eigenvalue weighted by atomic mass is 10.0. The Morgan fingerprint density at radius 1 is 1.17 bits per heavy atom. The molecule has 3 atom stereocenters. The van der Waals surface area contributed by atoms with E-state index in [1.165, 1.54) is 33.5 Å². The van der Waals surface area contributed by atoms with Gasteiger partial charge in [-0.05, 0) is 44.4 Å². The van der Waals surface area contributed by atoms with Crippen molar-refractivity contribution in [3.8, 4) is 17.2 Å². The third-order valence-electron chi connectivity index (χ3n) is 6.07. The highest BCUT2D eigenvalue weighted by Gasteiger charge is 2.34. The fraction of sp³-hybridized carbons (Fsp3) is 0.478. The summed E-state index contributed by atoms with van der Waals surface area (Å²) in [6.45, 7) is 4.24. The van der Waals surface area contributed by atoms with E-state index < -0.39 is 21.4 Å². The lowest BCUT2D eigenvalue weighted by molar-refractivity contribution is 0.0775. The number of rotatable bonds is 9. The second-order valence-corrected chi connectivity index (χ2v) is 10.6. The number of hydrogen-bond acceptors (Lipinski definition) is 10. The number of methoxy groups -OCH3 is 2. The molecule has 0 spiro atoms. The van der Waals surface area contributed by atoms with Gasteiger partial charge in [0.2, 0.25) is 16.0 Å². The van der Waals surface area contributed by atoms with Gasteiger partial charge < -0.3 is 19.3 Å². The van der Waals surface area contributed by atoms with E-state index in [-0.39, 0.29) is 17.7 Å². The Morgan fingerprint density at radius 3 is 2.42 bits per heavy atom. The zero-order valence-corrected chi connectivity index (χ0v) is 21.4. The molecule has 2 unspecified atom stereocenters. The number of aliphatic hydroxyl groups is 1. The molecule has 0 aliphatic carbocycles. The van der Waals surface area contributed by atoms with E-state index >= 15 is 0 Å². The molecule has 13 heteroatoms. The molecule has 3 aromatic rings. The summed E-state index contributed by atoms with van der Waals surface area (Å²) in [6, 6.07) is 5.23. The van der Waals surface area contributed by atoms with E-state index in [1.54, 1.807) is 29.7 Å². The van der Waals surface area contributed by atoms with Gasteiger partial charge in [0.05, 0.1) is 20.8 Å². The highest BCUT2D eigenvalue weighted by Crippen LogP contribution is 2.38. The second-order valence-electron chi connectivity index (χ2n) is 8.56. The third-order valence-corrected chi connectivity index (χ3v) is 7.78. The molecule has 2 N–H and O–H groups in total. The number of hydrogen-bond donors (Lipinski definition) is 2. The van der Waals surface area contributed by atoms with Gasteiger partial charge in [-0.15, -0.1) is 10.2 Å². The van der Waals surface area contributed by atoms with E-state index in [0.29, 0.717) is 36.2 Å². The van der Waals surface area contributed by atoms with E-state index in [9.17, 15) is 13.5 Å². The fourth-order valence-electron chi connectivity index (χ4n) is 4.00. The van der Waals surface area contributed by atoms with Crippen molar-refractivity contribution in [2.24, 2.45) is 0 Å². The van der Waals surface area contributed by atoms with Gasteiger partial charge in [0.1, 0.15) is 34.4 Å². The van der Waals surface area contributed by atoms with Crippen LogP contribution in [0.4, 0.5) is 5.95 Å². The van der Waals surface area contributed by atoms with Crippen molar-refractivity contribution in [3.05, 3.63) is 47.8 Å². The van der Waals surface area contributed by atoms with Crippen LogP contribution in [0.1, 0.15) is 49.0 Å². The molecule has 1 aromatic carbocycles. The summed E-state index contributed by atoms with van der Waals surface area (Å²) >= 11 is 0. The Labute approximate surface area is 209 Å². The van der Waals surface area contributed by atoms with E-state index in [4.69, 9.17) is 14.2 Å². The SMILES string of the molecule is COc1cccc(OC)c1-n1c(NS(=O)(=O)C(C)C(O)c2ncc(C)cn2)nnc1[C@H]1CCCOC1. The zero-order chi connectivity index (χ0) is 25.9. The molecule has 12 nitrogen and oxygen atoms in total. The highest BCUT2D eigenvalue weighted by molar-refractivity contribution is 7.93. The molecule has 1 aliphatic heterocycles. The first kappa shape index (κ1) is 25.8. The van der Waals surface area contributed by atoms with Gasteiger partial charge >= 0.3 is 0 Å². The molecule has 2 aromatic heterocycles. The number of para-hydroxylation sites is 1. The normalized spacial score (nSPS) is 17.9. The Hall–Kier alpha value is -3.29. The number of nitrogens with one attached hydrogen (secondary N) is 1. The van der Waals surface area contributed by atoms with Gasteiger partial charge in [0.15, 0.2) is 5.82 Å². The quantitative estimate of drug-likeness (QED) is 0.431. The fourth-order valence-corrected chi connectivity index (χ4v) is 5.03. The van der Waals surface area contributed by atoms with Crippen molar-refractivity contribution < 1.29 is 27.7 Å². The molecule has 3 heterocycles. The molecular formula is C23H30N6O6S. The summed E-state index contributed by atoms with van der Waals surface area (Å²) in [7, 11) is -1.15. The van der Waals surface area contributed by atoms with Crippen LogP contribution in [0.5, 0.6) is 11.5 Å². The molecular weight excluding hydrogens is 488 g/mol. The van der Waals surface area contributed by atoms with Crippen LogP contribution in [-0.4, -0.2) is 70.9 Å². The lowest BCUT2D eigenvalue weighted by Crippen LogP contribution is -2.32. The maximum atomic E-state index is 13.4. The van der Waals surface area contributed by atoms with E-state index in [2.05, 4.69) is 24.9 Å². The molecule has 194 valence electrons. The summed E-state index contributed by atoms with van der Waals surface area (Å²) in [5.74, 6) is 1.20. The summed E-state index contributed by atoms with van der Waals surface area (Å²) in [6.07, 6.45) is 3.19. The number of anilines is 1. The zero-order valence-electron chi connectivity index (χ0n) is 20.6. The summed E-state index contributed by atoms with van der Waals surface area (Å²) in [5, 5.41) is 17.9. The van der Waals surface area contributed by atoms with Crippen molar-refractivity contribution in [2.45, 2.75) is 44.0 Å². The Morgan fingerprint density at radius 2 is 1.83 bits per heavy atom. The lowest BCUT2D eigenvalue weighted by Gasteiger charge is -2.24. The molecule has 1 fully saturated rings. The van der Waals surface area contributed by atoms with Gasteiger partial charge in [-0.25, -0.2) is 18.4 Å². The number of sulfonamides is 1. The molecule has 0 amide bonds.